The van der Waals surface area contributed by atoms with Crippen molar-refractivity contribution >= 4 is 29.3 Å². The van der Waals surface area contributed by atoms with E-state index in [4.69, 9.17) is 0 Å². The predicted molar refractivity (Wildman–Crippen MR) is 93.8 cm³/mol. The van der Waals surface area contributed by atoms with Crippen LogP contribution in [-0.2, 0) is 9.59 Å². The van der Waals surface area contributed by atoms with Crippen LogP contribution in [0.2, 0.25) is 0 Å². The largest absolute Gasteiger partial charge is 0.368 e. The number of anilines is 1. The molecule has 2 heterocycles. The first-order chi connectivity index (χ1) is 11.1. The van der Waals surface area contributed by atoms with Crippen LogP contribution in [0.1, 0.15) is 12.0 Å². The molecule has 5 nitrogen and oxygen atoms in total. The number of carbonyl (C=O) groups excluding carboxylic acids is 2. The maximum Gasteiger partial charge on any atom is 0.246 e. The first-order valence-corrected chi connectivity index (χ1v) is 9.26. The summed E-state index contributed by atoms with van der Waals surface area (Å²) in [6, 6.07) is 8.10. The number of benzene rings is 1. The zero-order chi connectivity index (χ0) is 16.2. The van der Waals surface area contributed by atoms with Crippen molar-refractivity contribution in [3.05, 3.63) is 29.8 Å². The second-order valence-electron chi connectivity index (χ2n) is 6.10. The van der Waals surface area contributed by atoms with Crippen LogP contribution in [0.3, 0.4) is 0 Å². The highest BCUT2D eigenvalue weighted by Crippen LogP contribution is 2.19. The average Bonchev–Trinajstić information content (AvgIpc) is 2.79. The number of nitrogens with one attached hydrogen (secondary N) is 1. The van der Waals surface area contributed by atoms with Gasteiger partial charge in [0.25, 0.3) is 0 Å². The highest BCUT2D eigenvalue weighted by atomic mass is 32.2. The van der Waals surface area contributed by atoms with Crippen LogP contribution in [0.5, 0.6) is 0 Å². The van der Waals surface area contributed by atoms with Gasteiger partial charge in [-0.25, -0.2) is 0 Å². The summed E-state index contributed by atoms with van der Waals surface area (Å²) in [7, 11) is 0. The van der Waals surface area contributed by atoms with Crippen LogP contribution in [0.15, 0.2) is 24.3 Å². The Morgan fingerprint density at radius 1 is 1.26 bits per heavy atom. The molecule has 6 heteroatoms. The van der Waals surface area contributed by atoms with E-state index in [1.165, 1.54) is 11.3 Å². The van der Waals surface area contributed by atoms with Crippen molar-refractivity contribution in [2.45, 2.75) is 19.4 Å². The molecule has 2 aliphatic heterocycles. The molecule has 0 saturated carbocycles. The number of carbonyl (C=O) groups is 2. The molecule has 1 N–H and O–H groups in total. The van der Waals surface area contributed by atoms with Gasteiger partial charge in [-0.3, -0.25) is 9.59 Å². The van der Waals surface area contributed by atoms with Gasteiger partial charge in [0.1, 0.15) is 6.04 Å². The summed E-state index contributed by atoms with van der Waals surface area (Å²) in [5, 5.41) is 2.86. The fourth-order valence-corrected chi connectivity index (χ4v) is 4.00. The Hall–Kier alpha value is -1.69. The maximum absolute atomic E-state index is 12.6. The maximum atomic E-state index is 12.6. The number of amides is 2. The van der Waals surface area contributed by atoms with E-state index in [1.807, 2.05) is 4.90 Å². The van der Waals surface area contributed by atoms with E-state index < -0.39 is 0 Å². The van der Waals surface area contributed by atoms with Crippen molar-refractivity contribution in [1.82, 2.24) is 10.2 Å². The molecular formula is C17H23N3O2S. The molecule has 1 atom stereocenters. The number of nitrogens with zero attached hydrogens (tertiary/aromatic N) is 2. The molecule has 1 aromatic rings. The summed E-state index contributed by atoms with van der Waals surface area (Å²) in [6.45, 7) is 5.19. The fourth-order valence-electron chi connectivity index (χ4n) is 3.04. The van der Waals surface area contributed by atoms with Crippen molar-refractivity contribution in [2.75, 3.05) is 42.6 Å². The summed E-state index contributed by atoms with van der Waals surface area (Å²) < 4.78 is 0. The molecular weight excluding hydrogens is 310 g/mol. The van der Waals surface area contributed by atoms with Crippen molar-refractivity contribution in [2.24, 2.45) is 0 Å². The molecule has 1 aromatic carbocycles. The Labute approximate surface area is 141 Å². The average molecular weight is 333 g/mol. The Kier molecular flexibility index (Phi) is 5.10. The number of rotatable bonds is 2. The van der Waals surface area contributed by atoms with Gasteiger partial charge >= 0.3 is 0 Å². The lowest BCUT2D eigenvalue weighted by Crippen LogP contribution is -2.55. The van der Waals surface area contributed by atoms with E-state index in [1.54, 1.807) is 11.8 Å². The van der Waals surface area contributed by atoms with Gasteiger partial charge in [0.05, 0.1) is 0 Å². The van der Waals surface area contributed by atoms with E-state index in [-0.39, 0.29) is 17.9 Å². The molecule has 0 aliphatic carbocycles. The summed E-state index contributed by atoms with van der Waals surface area (Å²) >= 11 is 1.68. The van der Waals surface area contributed by atoms with Crippen molar-refractivity contribution in [1.29, 1.82) is 0 Å². The Morgan fingerprint density at radius 2 is 2.04 bits per heavy atom. The minimum Gasteiger partial charge on any atom is -0.368 e. The SMILES string of the molecule is Cc1cccc(N2CCN(C(=O)[C@@H]3CSCCC(=O)N3)CC2)c1. The van der Waals surface area contributed by atoms with Crippen LogP contribution in [-0.4, -0.2) is 60.4 Å². The van der Waals surface area contributed by atoms with Gasteiger partial charge in [0, 0.05) is 49.8 Å². The number of hydrogen-bond donors (Lipinski definition) is 1. The first-order valence-electron chi connectivity index (χ1n) is 8.11. The quantitative estimate of drug-likeness (QED) is 0.885. The third kappa shape index (κ3) is 3.99. The minimum absolute atomic E-state index is 0.00764. The molecule has 2 saturated heterocycles. The third-order valence-electron chi connectivity index (χ3n) is 4.35. The zero-order valence-corrected chi connectivity index (χ0v) is 14.3. The molecule has 3 rings (SSSR count). The van der Waals surface area contributed by atoms with E-state index >= 15 is 0 Å². The smallest absolute Gasteiger partial charge is 0.246 e. The highest BCUT2D eigenvalue weighted by molar-refractivity contribution is 7.99. The monoisotopic (exact) mass is 333 g/mol. The van der Waals surface area contributed by atoms with Gasteiger partial charge in [0.2, 0.25) is 11.8 Å². The number of aryl methyl sites for hydroxylation is 1. The molecule has 124 valence electrons. The number of hydrogen-bond acceptors (Lipinski definition) is 4. The third-order valence-corrected chi connectivity index (χ3v) is 5.41. The van der Waals surface area contributed by atoms with Crippen molar-refractivity contribution in [3.8, 4) is 0 Å². The number of thioether (sulfide) groups is 1. The summed E-state index contributed by atoms with van der Waals surface area (Å²) in [5.74, 6) is 1.54. The Morgan fingerprint density at radius 3 is 2.78 bits per heavy atom. The summed E-state index contributed by atoms with van der Waals surface area (Å²) in [4.78, 5) is 28.5. The summed E-state index contributed by atoms with van der Waals surface area (Å²) in [6.07, 6.45) is 0.510. The lowest BCUT2D eigenvalue weighted by molar-refractivity contribution is -0.135. The normalized spacial score (nSPS) is 22.5. The van der Waals surface area contributed by atoms with Crippen LogP contribution in [0.4, 0.5) is 5.69 Å². The van der Waals surface area contributed by atoms with Crippen LogP contribution in [0.25, 0.3) is 0 Å². The molecule has 2 amide bonds. The van der Waals surface area contributed by atoms with Gasteiger partial charge in [-0.15, -0.1) is 0 Å². The summed E-state index contributed by atoms with van der Waals surface area (Å²) in [5.41, 5.74) is 2.47. The minimum atomic E-state index is -0.361. The van der Waals surface area contributed by atoms with Gasteiger partial charge in [-0.1, -0.05) is 12.1 Å². The van der Waals surface area contributed by atoms with E-state index in [0.717, 1.165) is 18.8 Å². The zero-order valence-electron chi connectivity index (χ0n) is 13.5. The Balaban J connectivity index is 1.57. The fraction of sp³-hybridized carbons (Fsp3) is 0.529. The van der Waals surface area contributed by atoms with Crippen molar-refractivity contribution < 1.29 is 9.59 Å². The molecule has 0 spiro atoms. The topological polar surface area (TPSA) is 52.7 Å². The molecule has 2 aliphatic rings. The van der Waals surface area contributed by atoms with Crippen molar-refractivity contribution in [3.63, 3.8) is 0 Å². The first kappa shape index (κ1) is 16.2. The molecule has 0 unspecified atom stereocenters. The standard InChI is InChI=1S/C17H23N3O2S/c1-13-3-2-4-14(11-13)19-6-8-20(9-7-19)17(22)15-12-23-10-5-16(21)18-15/h2-4,11,15H,5-10,12H2,1H3,(H,18,21)/t15-/m0/s1. The van der Waals surface area contributed by atoms with Crippen LogP contribution < -0.4 is 10.2 Å². The van der Waals surface area contributed by atoms with Gasteiger partial charge in [-0.2, -0.15) is 11.8 Å². The van der Waals surface area contributed by atoms with Crippen LogP contribution in [0, 0.1) is 6.92 Å². The lowest BCUT2D eigenvalue weighted by atomic mass is 10.2. The Bertz CT molecular complexity index is 585. The van der Waals surface area contributed by atoms with E-state index in [2.05, 4.69) is 41.4 Å². The van der Waals surface area contributed by atoms with Gasteiger partial charge in [-0.05, 0) is 24.6 Å². The molecule has 0 bridgehead atoms. The molecule has 0 radical (unpaired) electrons. The van der Waals surface area contributed by atoms with E-state index in [9.17, 15) is 9.59 Å². The highest BCUT2D eigenvalue weighted by Gasteiger charge is 2.29. The van der Waals surface area contributed by atoms with E-state index in [0.29, 0.717) is 25.3 Å². The van der Waals surface area contributed by atoms with Gasteiger partial charge < -0.3 is 15.1 Å². The molecule has 0 aromatic heterocycles. The predicted octanol–water partition coefficient (Wildman–Crippen LogP) is 1.27. The molecule has 23 heavy (non-hydrogen) atoms. The lowest BCUT2D eigenvalue weighted by Gasteiger charge is -2.37. The molecule has 2 fully saturated rings. The second-order valence-corrected chi connectivity index (χ2v) is 7.25. The second kappa shape index (κ2) is 7.25. The number of piperazine rings is 1. The van der Waals surface area contributed by atoms with Gasteiger partial charge in [0.15, 0.2) is 0 Å². The van der Waals surface area contributed by atoms with Crippen LogP contribution >= 0.6 is 11.8 Å².